The Labute approximate surface area is 105 Å². The molecule has 0 spiro atoms. The molecular formula is C11H28O4P2. The topological polar surface area (TPSA) is 66.8 Å². The molecule has 0 rings (SSSR count). The van der Waals surface area contributed by atoms with Crippen LogP contribution in [0.5, 0.6) is 0 Å². The molecule has 0 aliphatic carbocycles. The van der Waals surface area contributed by atoms with Crippen LogP contribution in [0.1, 0.15) is 45.4 Å². The molecule has 0 aromatic heterocycles. The van der Waals surface area contributed by atoms with Gasteiger partial charge in [-0.05, 0) is 0 Å². The number of hydrogen-bond donors (Lipinski definition) is 2. The van der Waals surface area contributed by atoms with E-state index >= 15 is 0 Å². The van der Waals surface area contributed by atoms with Crippen molar-refractivity contribution in [3.63, 3.8) is 0 Å². The molecule has 17 heavy (non-hydrogen) atoms. The van der Waals surface area contributed by atoms with E-state index in [0.717, 1.165) is 19.0 Å². The number of hydrogen-bond acceptors (Lipinski definition) is 2. The molecule has 0 aliphatic rings. The van der Waals surface area contributed by atoms with Gasteiger partial charge >= 0.3 is 105 Å². The van der Waals surface area contributed by atoms with Gasteiger partial charge in [-0.2, -0.15) is 0 Å². The predicted molar refractivity (Wildman–Crippen MR) is 76.1 cm³/mol. The second-order valence-corrected chi connectivity index (χ2v) is 14.0. The van der Waals surface area contributed by atoms with Gasteiger partial charge in [0.1, 0.15) is 0 Å². The van der Waals surface area contributed by atoms with Gasteiger partial charge in [-0.15, -0.1) is 0 Å². The van der Waals surface area contributed by atoms with E-state index in [0.29, 0.717) is 0 Å². The summed E-state index contributed by atoms with van der Waals surface area (Å²) in [6, 6.07) is 0. The van der Waals surface area contributed by atoms with Crippen LogP contribution in [-0.2, 0) is 8.88 Å². The maximum absolute atomic E-state index is 10.9. The number of phosphoric acid groups is 1. The molecule has 4 nitrogen and oxygen atoms in total. The minimum absolute atomic E-state index is 0.781. The van der Waals surface area contributed by atoms with Crippen molar-refractivity contribution in [1.82, 2.24) is 0 Å². The Bertz CT molecular complexity index is 264. The first-order valence-electron chi connectivity index (χ1n) is 6.31. The van der Waals surface area contributed by atoms with E-state index in [2.05, 4.69) is 6.92 Å². The third-order valence-electron chi connectivity index (χ3n) is 2.68. The van der Waals surface area contributed by atoms with Gasteiger partial charge in [0, 0.05) is 0 Å². The van der Waals surface area contributed by atoms with Gasteiger partial charge in [-0.1, -0.05) is 0 Å². The first-order valence-corrected chi connectivity index (χ1v) is 11.5. The van der Waals surface area contributed by atoms with Crippen LogP contribution in [0.15, 0.2) is 0 Å². The Morgan fingerprint density at radius 2 is 1.47 bits per heavy atom. The summed E-state index contributed by atoms with van der Waals surface area (Å²) < 4.78 is 16.0. The van der Waals surface area contributed by atoms with Gasteiger partial charge < -0.3 is 0 Å². The Morgan fingerprint density at radius 3 is 1.94 bits per heavy atom. The molecule has 0 heterocycles. The molecule has 0 bridgehead atoms. The van der Waals surface area contributed by atoms with E-state index in [-0.39, 0.29) is 0 Å². The first kappa shape index (κ1) is 17.5. The molecule has 0 unspecified atom stereocenters. The average molecular weight is 286 g/mol. The second-order valence-electron chi connectivity index (χ2n) is 6.03. The third-order valence-corrected chi connectivity index (χ3v) is 7.80. The molecule has 2 N–H and O–H groups in total. The Morgan fingerprint density at radius 1 is 1.00 bits per heavy atom. The molecule has 0 amide bonds. The maximum atomic E-state index is 10.9. The summed E-state index contributed by atoms with van der Waals surface area (Å²) in [6.45, 7) is 5.16. The monoisotopic (exact) mass is 286 g/mol. The summed E-state index contributed by atoms with van der Waals surface area (Å²) in [5.74, 6) is 0. The summed E-state index contributed by atoms with van der Waals surface area (Å²) in [5.41, 5.74) is 0. The van der Waals surface area contributed by atoms with Gasteiger partial charge in [0.15, 0.2) is 0 Å². The van der Waals surface area contributed by atoms with E-state index in [1.165, 1.54) is 25.7 Å². The predicted octanol–water partition coefficient (Wildman–Crippen LogP) is 3.81. The fourth-order valence-electron chi connectivity index (χ4n) is 1.87. The molecule has 106 valence electrons. The summed E-state index contributed by atoms with van der Waals surface area (Å²) in [7, 11) is -4.36. The van der Waals surface area contributed by atoms with Crippen molar-refractivity contribution in [2.75, 3.05) is 26.2 Å². The van der Waals surface area contributed by atoms with Crippen molar-refractivity contribution in [2.24, 2.45) is 0 Å². The standard InChI is InChI=1S/C11H28O4P2/c1-5-6-7-8-9-10-11-17(2,3,4)15-16(12,13)14/h5-11H2,1-4H3,(H2,12,13,14). The normalized spacial score (nSPS) is 15.5. The zero-order valence-electron chi connectivity index (χ0n) is 11.6. The van der Waals surface area contributed by atoms with Crippen LogP contribution in [0.3, 0.4) is 0 Å². The van der Waals surface area contributed by atoms with Gasteiger partial charge in [-0.25, -0.2) is 0 Å². The van der Waals surface area contributed by atoms with Gasteiger partial charge in [0.2, 0.25) is 0 Å². The Balaban J connectivity index is 3.95. The Hall–Kier alpha value is 0.540. The van der Waals surface area contributed by atoms with E-state index in [1.807, 2.05) is 20.0 Å². The van der Waals surface area contributed by atoms with Gasteiger partial charge in [0.05, 0.1) is 0 Å². The molecule has 0 aromatic carbocycles. The van der Waals surface area contributed by atoms with E-state index in [4.69, 9.17) is 14.1 Å². The van der Waals surface area contributed by atoms with Crippen LogP contribution in [-0.4, -0.2) is 35.9 Å². The van der Waals surface area contributed by atoms with Crippen molar-refractivity contribution in [3.05, 3.63) is 0 Å². The van der Waals surface area contributed by atoms with Gasteiger partial charge in [0.25, 0.3) is 0 Å². The SMILES string of the molecule is CCCCCCCCP(C)(C)(C)OP(=O)(O)O. The Kier molecular flexibility index (Phi) is 6.84. The van der Waals surface area contributed by atoms with Crippen molar-refractivity contribution in [2.45, 2.75) is 45.4 Å². The van der Waals surface area contributed by atoms with E-state index in [1.54, 1.807) is 0 Å². The zero-order chi connectivity index (χ0) is 13.6. The fourth-order valence-corrected chi connectivity index (χ4v) is 6.65. The number of rotatable bonds is 9. The first-order chi connectivity index (χ1) is 7.53. The van der Waals surface area contributed by atoms with Crippen molar-refractivity contribution in [3.8, 4) is 0 Å². The molecule has 0 aliphatic heterocycles. The summed E-state index contributed by atoms with van der Waals surface area (Å²) >= 11 is 0. The van der Waals surface area contributed by atoms with Crippen LogP contribution >= 0.6 is 14.7 Å². The van der Waals surface area contributed by atoms with Crippen LogP contribution in [0, 0.1) is 0 Å². The molecule has 0 fully saturated rings. The molecule has 0 aromatic rings. The van der Waals surface area contributed by atoms with Crippen LogP contribution in [0.4, 0.5) is 0 Å². The van der Waals surface area contributed by atoms with E-state index in [9.17, 15) is 4.57 Å². The quantitative estimate of drug-likeness (QED) is 0.499. The molecule has 0 atom stereocenters. The summed E-state index contributed by atoms with van der Waals surface area (Å²) in [5, 5.41) is 0. The molecule has 0 radical (unpaired) electrons. The third kappa shape index (κ3) is 11.4. The molecule has 0 saturated carbocycles. The van der Waals surface area contributed by atoms with Crippen LogP contribution < -0.4 is 0 Å². The summed E-state index contributed by atoms with van der Waals surface area (Å²) in [6.07, 6.45) is 7.86. The van der Waals surface area contributed by atoms with Crippen molar-refractivity contribution in [1.29, 1.82) is 0 Å². The van der Waals surface area contributed by atoms with Crippen LogP contribution in [0.2, 0.25) is 0 Å². The van der Waals surface area contributed by atoms with Crippen LogP contribution in [0.25, 0.3) is 0 Å². The summed E-state index contributed by atoms with van der Waals surface area (Å²) in [4.78, 5) is 17.8. The second kappa shape index (κ2) is 6.63. The zero-order valence-corrected chi connectivity index (χ0v) is 13.3. The van der Waals surface area contributed by atoms with Crippen molar-refractivity contribution >= 4 is 14.7 Å². The molecule has 6 heteroatoms. The van der Waals surface area contributed by atoms with Gasteiger partial charge in [-0.3, -0.25) is 0 Å². The molecule has 0 saturated heterocycles. The minimum atomic E-state index is -4.36. The van der Waals surface area contributed by atoms with E-state index < -0.39 is 14.7 Å². The van der Waals surface area contributed by atoms with Crippen molar-refractivity contribution < 1.29 is 18.7 Å². The average Bonchev–Trinajstić information content (AvgIpc) is 2.05. The number of unbranched alkanes of at least 4 members (excludes halogenated alkanes) is 5. The fraction of sp³-hybridized carbons (Fsp3) is 1.00. The molecular weight excluding hydrogens is 258 g/mol.